The first-order valence-electron chi connectivity index (χ1n) is 16.1. The van der Waals surface area contributed by atoms with E-state index in [1.54, 1.807) is 0 Å². The van der Waals surface area contributed by atoms with E-state index in [4.69, 9.17) is 14.4 Å². The van der Waals surface area contributed by atoms with Crippen LogP contribution in [-0.2, 0) is 0 Å². The first kappa shape index (κ1) is 27.3. The number of furan rings is 1. The van der Waals surface area contributed by atoms with E-state index in [0.717, 1.165) is 55.6 Å². The molecule has 10 rings (SSSR count). The molecule has 0 bridgehead atoms. The Kier molecular flexibility index (Phi) is 6.19. The van der Waals surface area contributed by atoms with Crippen LogP contribution in [0.4, 0.5) is 0 Å². The van der Waals surface area contributed by atoms with Gasteiger partial charge in [0.25, 0.3) is 0 Å². The van der Waals surface area contributed by atoms with Crippen molar-refractivity contribution in [1.82, 2.24) is 15.6 Å². The van der Waals surface area contributed by atoms with Crippen LogP contribution >= 0.6 is 11.3 Å². The number of thiophene rings is 1. The van der Waals surface area contributed by atoms with Crippen LogP contribution in [0.25, 0.3) is 64.0 Å². The molecule has 5 nitrogen and oxygen atoms in total. The van der Waals surface area contributed by atoms with E-state index in [2.05, 4.69) is 120 Å². The summed E-state index contributed by atoms with van der Waals surface area (Å²) in [7, 11) is 0. The number of rotatable bonds is 4. The van der Waals surface area contributed by atoms with Crippen molar-refractivity contribution in [2.45, 2.75) is 12.3 Å². The lowest BCUT2D eigenvalue weighted by molar-refractivity contribution is 0.409. The van der Waals surface area contributed by atoms with Gasteiger partial charge < -0.3 is 9.73 Å². The first-order valence-corrected chi connectivity index (χ1v) is 16.9. The number of aliphatic imine (C=N–C) groups is 1. The Bertz CT molecular complexity index is 2690. The van der Waals surface area contributed by atoms with Crippen molar-refractivity contribution >= 4 is 70.1 Å². The number of pyridine rings is 1. The third kappa shape index (κ3) is 4.27. The minimum atomic E-state index is -0.227. The number of nitrogens with zero attached hydrogens (tertiary/aromatic N) is 2. The van der Waals surface area contributed by atoms with Crippen molar-refractivity contribution in [2.24, 2.45) is 4.99 Å². The van der Waals surface area contributed by atoms with E-state index < -0.39 is 0 Å². The summed E-state index contributed by atoms with van der Waals surface area (Å²) in [6.45, 7) is 0. The summed E-state index contributed by atoms with van der Waals surface area (Å²) in [6.07, 6.45) is 3.52. The van der Waals surface area contributed by atoms with E-state index >= 15 is 0 Å². The van der Waals surface area contributed by atoms with Crippen LogP contribution in [0, 0.1) is 0 Å². The highest BCUT2D eigenvalue weighted by molar-refractivity contribution is 7.26. The zero-order valence-corrected chi connectivity index (χ0v) is 26.5. The number of aromatic nitrogens is 1. The van der Waals surface area contributed by atoms with Crippen LogP contribution in [0.5, 0.6) is 0 Å². The summed E-state index contributed by atoms with van der Waals surface area (Å²) in [5, 5.41) is 14.4. The Balaban J connectivity index is 1.17. The van der Waals surface area contributed by atoms with Gasteiger partial charge in [0.1, 0.15) is 29.3 Å². The predicted octanol–water partition coefficient (Wildman–Crippen LogP) is 10.5. The van der Waals surface area contributed by atoms with E-state index in [1.165, 1.54) is 30.9 Å². The molecule has 9 aromatic rings. The second-order valence-corrected chi connectivity index (χ2v) is 13.3. The topological polar surface area (TPSA) is 62.5 Å². The fraction of sp³-hybridized carbons (Fsp3) is 0.0476. The molecule has 1 aliphatic rings. The van der Waals surface area contributed by atoms with Gasteiger partial charge in [0.05, 0.1) is 0 Å². The summed E-state index contributed by atoms with van der Waals surface area (Å²) < 4.78 is 9.32. The standard InChI is InChI=1S/C42H28N4OS/c1-3-12-26(13-4-1)40-44-41(27-14-5-2-6-15-27)46-42(45-40)31-18-9-19-34-36(31)33-24-43-23-32(38(33)47-34)29-17-10-20-35-37(29)30-22-21-25-11-7-8-16-28(25)39(30)48-35/h1-24,40-41,44H,(H,45,46). The molecule has 3 aromatic heterocycles. The van der Waals surface area contributed by atoms with Gasteiger partial charge in [0.15, 0.2) is 0 Å². The molecule has 228 valence electrons. The monoisotopic (exact) mass is 636 g/mol. The third-order valence-electron chi connectivity index (χ3n) is 9.45. The smallest absolute Gasteiger partial charge is 0.146 e. The van der Waals surface area contributed by atoms with Crippen molar-refractivity contribution < 1.29 is 4.42 Å². The van der Waals surface area contributed by atoms with Gasteiger partial charge >= 0.3 is 0 Å². The van der Waals surface area contributed by atoms with Gasteiger partial charge in [-0.1, -0.05) is 121 Å². The van der Waals surface area contributed by atoms with Gasteiger partial charge in [-0.2, -0.15) is 0 Å². The summed E-state index contributed by atoms with van der Waals surface area (Å²) >= 11 is 1.85. The molecule has 6 aromatic carbocycles. The molecule has 0 fully saturated rings. The first-order chi connectivity index (χ1) is 23.8. The Morgan fingerprint density at radius 1 is 0.583 bits per heavy atom. The molecule has 6 heteroatoms. The van der Waals surface area contributed by atoms with Crippen LogP contribution in [0.15, 0.2) is 155 Å². The molecule has 2 atom stereocenters. The molecular formula is C42H28N4OS. The SMILES string of the molecule is c1ccc(C2N=C(c3cccc4oc5c(-c6cccc7sc8c9ccccc9ccc8c67)cncc5c34)NC(c3ccccc3)N2)cc1. The minimum Gasteiger partial charge on any atom is -0.455 e. The Hall–Kier alpha value is -5.82. The van der Waals surface area contributed by atoms with Gasteiger partial charge in [-0.25, -0.2) is 4.99 Å². The molecular weight excluding hydrogens is 609 g/mol. The number of hydrogen-bond donors (Lipinski definition) is 2. The molecule has 0 amide bonds. The van der Waals surface area contributed by atoms with E-state index in [-0.39, 0.29) is 12.3 Å². The lowest BCUT2D eigenvalue weighted by atomic mass is 9.97. The molecule has 0 saturated carbocycles. The zero-order valence-electron chi connectivity index (χ0n) is 25.7. The molecule has 0 saturated heterocycles. The molecule has 0 spiro atoms. The Labute approximate surface area is 280 Å². The molecule has 0 radical (unpaired) electrons. The summed E-state index contributed by atoms with van der Waals surface area (Å²) in [6, 6.07) is 46.7. The highest BCUT2D eigenvalue weighted by Gasteiger charge is 2.27. The third-order valence-corrected chi connectivity index (χ3v) is 10.7. The van der Waals surface area contributed by atoms with Gasteiger partial charge in [0, 0.05) is 54.5 Å². The second kappa shape index (κ2) is 10.9. The van der Waals surface area contributed by atoms with Crippen molar-refractivity contribution in [3.8, 4) is 11.1 Å². The number of nitrogens with one attached hydrogen (secondary N) is 2. The molecule has 0 aliphatic carbocycles. The van der Waals surface area contributed by atoms with Gasteiger partial charge in [-0.3, -0.25) is 10.3 Å². The van der Waals surface area contributed by atoms with Crippen molar-refractivity contribution in [3.63, 3.8) is 0 Å². The van der Waals surface area contributed by atoms with E-state index in [9.17, 15) is 0 Å². The molecule has 48 heavy (non-hydrogen) atoms. The lowest BCUT2D eigenvalue weighted by Crippen LogP contribution is -2.45. The van der Waals surface area contributed by atoms with Gasteiger partial charge in [-0.05, 0) is 39.6 Å². The number of hydrogen-bond acceptors (Lipinski definition) is 6. The van der Waals surface area contributed by atoms with Crippen molar-refractivity contribution in [1.29, 1.82) is 0 Å². The number of fused-ring (bicyclic) bond motifs is 8. The average molecular weight is 637 g/mol. The average Bonchev–Trinajstić information content (AvgIpc) is 3.74. The van der Waals surface area contributed by atoms with Crippen LogP contribution in [0.2, 0.25) is 0 Å². The Morgan fingerprint density at radius 3 is 2.23 bits per heavy atom. The number of benzene rings is 6. The highest BCUT2D eigenvalue weighted by atomic mass is 32.1. The maximum absolute atomic E-state index is 6.77. The largest absolute Gasteiger partial charge is 0.455 e. The molecule has 2 unspecified atom stereocenters. The molecule has 2 N–H and O–H groups in total. The van der Waals surface area contributed by atoms with Gasteiger partial charge in [-0.15, -0.1) is 11.3 Å². The minimum absolute atomic E-state index is 0.133. The lowest BCUT2D eigenvalue weighted by Gasteiger charge is -2.32. The molecule has 1 aliphatic heterocycles. The molecule has 4 heterocycles. The van der Waals surface area contributed by atoms with E-state index in [0.29, 0.717) is 0 Å². The van der Waals surface area contributed by atoms with Crippen molar-refractivity contribution in [3.05, 3.63) is 163 Å². The maximum atomic E-state index is 6.77. The normalized spacial score (nSPS) is 16.5. The maximum Gasteiger partial charge on any atom is 0.146 e. The summed E-state index contributed by atoms with van der Waals surface area (Å²) in [4.78, 5) is 10.1. The fourth-order valence-electron chi connectivity index (χ4n) is 7.23. The van der Waals surface area contributed by atoms with E-state index in [1.807, 2.05) is 48.0 Å². The highest BCUT2D eigenvalue weighted by Crippen LogP contribution is 2.45. The van der Waals surface area contributed by atoms with Gasteiger partial charge in [0.2, 0.25) is 0 Å². The summed E-state index contributed by atoms with van der Waals surface area (Å²) in [5.41, 5.74) is 6.97. The van der Waals surface area contributed by atoms with Crippen LogP contribution in [0.3, 0.4) is 0 Å². The fourth-order valence-corrected chi connectivity index (χ4v) is 8.49. The zero-order chi connectivity index (χ0) is 31.6. The van der Waals surface area contributed by atoms with Crippen LogP contribution in [-0.4, -0.2) is 10.8 Å². The summed E-state index contributed by atoms with van der Waals surface area (Å²) in [5.74, 6) is 0.813. The predicted molar refractivity (Wildman–Crippen MR) is 199 cm³/mol. The van der Waals surface area contributed by atoms with Crippen molar-refractivity contribution in [2.75, 3.05) is 0 Å². The number of amidine groups is 1. The van der Waals surface area contributed by atoms with Crippen LogP contribution in [0.1, 0.15) is 29.0 Å². The second-order valence-electron chi connectivity index (χ2n) is 12.2. The quantitative estimate of drug-likeness (QED) is 0.202. The Morgan fingerprint density at radius 2 is 1.35 bits per heavy atom. The van der Waals surface area contributed by atoms with Crippen LogP contribution < -0.4 is 10.6 Å².